The first-order valence-corrected chi connectivity index (χ1v) is 4.79. The number of hydrogen-bond acceptors (Lipinski definition) is 3. The highest BCUT2D eigenvalue weighted by Gasteiger charge is 2.10. The molecule has 0 saturated heterocycles. The molecule has 0 heterocycles. The molecule has 0 aliphatic carbocycles. The van der Waals surface area contributed by atoms with E-state index in [1.807, 2.05) is 30.3 Å². The number of nitrogens with zero attached hydrogens (tertiary/aromatic N) is 1. The lowest BCUT2D eigenvalue weighted by molar-refractivity contribution is -0.194. The summed E-state index contributed by atoms with van der Waals surface area (Å²) in [4.78, 5) is 15.9. The third-order valence-corrected chi connectivity index (χ3v) is 2.03. The van der Waals surface area contributed by atoms with Gasteiger partial charge in [-0.05, 0) is 12.5 Å². The first-order valence-electron chi connectivity index (χ1n) is 4.79. The number of aliphatic hydroxyl groups excluding tert-OH is 1. The molecule has 0 aliphatic rings. The third kappa shape index (κ3) is 3.69. The van der Waals surface area contributed by atoms with E-state index in [4.69, 9.17) is 9.94 Å². The van der Waals surface area contributed by atoms with Gasteiger partial charge in [-0.3, -0.25) is 9.63 Å². The molecular formula is C11H15NO3. The van der Waals surface area contributed by atoms with Crippen molar-refractivity contribution in [2.24, 2.45) is 0 Å². The lowest BCUT2D eigenvalue weighted by Gasteiger charge is -2.22. The van der Waals surface area contributed by atoms with E-state index in [0.717, 1.165) is 10.6 Å². The predicted octanol–water partition coefficient (Wildman–Crippen LogP) is 0.957. The van der Waals surface area contributed by atoms with Crippen molar-refractivity contribution in [2.75, 3.05) is 6.61 Å². The van der Waals surface area contributed by atoms with E-state index in [1.54, 1.807) is 6.92 Å². The van der Waals surface area contributed by atoms with Crippen molar-refractivity contribution in [3.63, 3.8) is 0 Å². The van der Waals surface area contributed by atoms with E-state index in [-0.39, 0.29) is 12.6 Å². The number of hydroxylamine groups is 2. The van der Waals surface area contributed by atoms with Crippen molar-refractivity contribution in [2.45, 2.75) is 19.6 Å². The molecule has 1 aromatic carbocycles. The quantitative estimate of drug-likeness (QED) is 0.560. The van der Waals surface area contributed by atoms with Gasteiger partial charge in [0.15, 0.2) is 0 Å². The monoisotopic (exact) mass is 209 g/mol. The second-order valence-electron chi connectivity index (χ2n) is 3.26. The molecule has 4 nitrogen and oxygen atoms in total. The molecule has 0 fully saturated rings. The van der Waals surface area contributed by atoms with E-state index in [0.29, 0.717) is 13.0 Å². The second kappa shape index (κ2) is 6.16. The van der Waals surface area contributed by atoms with Crippen molar-refractivity contribution < 1.29 is 14.7 Å². The van der Waals surface area contributed by atoms with Crippen LogP contribution >= 0.6 is 0 Å². The van der Waals surface area contributed by atoms with Crippen molar-refractivity contribution in [1.29, 1.82) is 0 Å². The first kappa shape index (κ1) is 11.7. The molecule has 0 saturated carbocycles. The minimum Gasteiger partial charge on any atom is -0.394 e. The maximum atomic E-state index is 10.6. The summed E-state index contributed by atoms with van der Waals surface area (Å²) in [5.74, 6) is 0. The highest BCUT2D eigenvalue weighted by molar-refractivity contribution is 5.45. The van der Waals surface area contributed by atoms with Crippen LogP contribution in [0.15, 0.2) is 30.3 Å². The normalized spacial score (nSPS) is 12.1. The summed E-state index contributed by atoms with van der Waals surface area (Å²) >= 11 is 0. The van der Waals surface area contributed by atoms with Crippen LogP contribution in [0.5, 0.6) is 0 Å². The van der Waals surface area contributed by atoms with E-state index in [2.05, 4.69) is 0 Å². The van der Waals surface area contributed by atoms with Crippen LogP contribution in [0.1, 0.15) is 12.5 Å². The topological polar surface area (TPSA) is 49.8 Å². The third-order valence-electron chi connectivity index (χ3n) is 2.03. The number of carbonyl (C=O) groups excluding carboxylic acids is 1. The molecule has 0 aliphatic heterocycles. The Labute approximate surface area is 89.0 Å². The molecule has 1 rings (SSSR count). The molecule has 1 atom stereocenters. The van der Waals surface area contributed by atoms with Gasteiger partial charge in [0.25, 0.3) is 0 Å². The molecular weight excluding hydrogens is 194 g/mol. The van der Waals surface area contributed by atoms with Gasteiger partial charge in [-0.25, -0.2) is 5.06 Å². The molecule has 1 unspecified atom stereocenters. The Morgan fingerprint density at radius 1 is 1.47 bits per heavy atom. The molecule has 1 amide bonds. The summed E-state index contributed by atoms with van der Waals surface area (Å²) in [5, 5.41) is 9.97. The van der Waals surface area contributed by atoms with E-state index >= 15 is 0 Å². The molecule has 0 aromatic heterocycles. The van der Waals surface area contributed by atoms with Gasteiger partial charge in [0.1, 0.15) is 6.61 Å². The van der Waals surface area contributed by atoms with Crippen molar-refractivity contribution in [1.82, 2.24) is 5.06 Å². The van der Waals surface area contributed by atoms with Crippen molar-refractivity contribution in [3.8, 4) is 0 Å². The summed E-state index contributed by atoms with van der Waals surface area (Å²) in [7, 11) is 0. The number of aliphatic hydroxyl groups is 1. The van der Waals surface area contributed by atoms with E-state index < -0.39 is 0 Å². The summed E-state index contributed by atoms with van der Waals surface area (Å²) in [5.41, 5.74) is 0.981. The molecule has 82 valence electrons. The molecule has 0 spiro atoms. The fraction of sp³-hybridized carbons (Fsp3) is 0.364. The lowest BCUT2D eigenvalue weighted by Crippen LogP contribution is -2.34. The molecule has 1 N–H and O–H groups in total. The SMILES string of the molecule is CC(CO)N(C=O)OCc1ccccc1. The summed E-state index contributed by atoms with van der Waals surface area (Å²) in [6.45, 7) is 1.91. The zero-order chi connectivity index (χ0) is 11.1. The summed E-state index contributed by atoms with van der Waals surface area (Å²) in [6.07, 6.45) is 0.573. The van der Waals surface area contributed by atoms with Crippen LogP contribution in [0.4, 0.5) is 0 Å². The average Bonchev–Trinajstić information content (AvgIpc) is 2.31. The first-order chi connectivity index (χ1) is 7.27. The van der Waals surface area contributed by atoms with E-state index in [1.165, 1.54) is 0 Å². The fourth-order valence-electron chi connectivity index (χ4n) is 1.07. The minimum atomic E-state index is -0.328. The number of amides is 1. The summed E-state index contributed by atoms with van der Waals surface area (Å²) < 4.78 is 0. The highest BCUT2D eigenvalue weighted by atomic mass is 16.7. The van der Waals surface area contributed by atoms with Crippen LogP contribution in [-0.2, 0) is 16.2 Å². The molecule has 15 heavy (non-hydrogen) atoms. The maximum absolute atomic E-state index is 10.6. The lowest BCUT2D eigenvalue weighted by atomic mass is 10.2. The zero-order valence-corrected chi connectivity index (χ0v) is 8.67. The smallest absolute Gasteiger partial charge is 0.233 e. The Morgan fingerprint density at radius 2 is 2.13 bits per heavy atom. The molecule has 4 heteroatoms. The van der Waals surface area contributed by atoms with Gasteiger partial charge < -0.3 is 5.11 Å². The van der Waals surface area contributed by atoms with Gasteiger partial charge in [0.05, 0.1) is 12.6 Å². The number of rotatable bonds is 6. The Balaban J connectivity index is 2.44. The summed E-state index contributed by atoms with van der Waals surface area (Å²) in [6, 6.07) is 9.21. The molecule has 0 bridgehead atoms. The van der Waals surface area contributed by atoms with E-state index in [9.17, 15) is 4.79 Å². The van der Waals surface area contributed by atoms with Crippen molar-refractivity contribution in [3.05, 3.63) is 35.9 Å². The average molecular weight is 209 g/mol. The molecule has 1 aromatic rings. The second-order valence-corrected chi connectivity index (χ2v) is 3.26. The van der Waals surface area contributed by atoms with Crippen LogP contribution in [0.3, 0.4) is 0 Å². The highest BCUT2D eigenvalue weighted by Crippen LogP contribution is 2.04. The standard InChI is InChI=1S/C11H15NO3/c1-10(7-13)12(9-14)15-8-11-5-3-2-4-6-11/h2-6,9-10,13H,7-8H2,1H3. The van der Waals surface area contributed by atoms with Crippen LogP contribution in [0.2, 0.25) is 0 Å². The Kier molecular flexibility index (Phi) is 4.80. The van der Waals surface area contributed by atoms with Crippen LogP contribution < -0.4 is 0 Å². The van der Waals surface area contributed by atoms with Gasteiger partial charge in [-0.2, -0.15) is 0 Å². The Morgan fingerprint density at radius 3 is 2.67 bits per heavy atom. The van der Waals surface area contributed by atoms with Gasteiger partial charge in [0, 0.05) is 0 Å². The Bertz CT molecular complexity index is 289. The Hall–Kier alpha value is -1.39. The van der Waals surface area contributed by atoms with Gasteiger partial charge in [-0.15, -0.1) is 0 Å². The minimum absolute atomic E-state index is 0.118. The molecule has 0 radical (unpaired) electrons. The number of carbonyl (C=O) groups is 1. The number of benzene rings is 1. The van der Waals surface area contributed by atoms with Crippen LogP contribution in [0.25, 0.3) is 0 Å². The van der Waals surface area contributed by atoms with Gasteiger partial charge in [0.2, 0.25) is 6.41 Å². The predicted molar refractivity (Wildman–Crippen MR) is 55.7 cm³/mol. The zero-order valence-electron chi connectivity index (χ0n) is 8.67. The van der Waals surface area contributed by atoms with Crippen LogP contribution in [-0.4, -0.2) is 29.2 Å². The van der Waals surface area contributed by atoms with Gasteiger partial charge in [-0.1, -0.05) is 30.3 Å². The maximum Gasteiger partial charge on any atom is 0.233 e. The van der Waals surface area contributed by atoms with Gasteiger partial charge >= 0.3 is 0 Å². The number of hydrogen-bond donors (Lipinski definition) is 1. The van der Waals surface area contributed by atoms with Crippen molar-refractivity contribution >= 4 is 6.41 Å². The largest absolute Gasteiger partial charge is 0.394 e. The van der Waals surface area contributed by atoms with Crippen LogP contribution in [0, 0.1) is 0 Å². The fourth-order valence-corrected chi connectivity index (χ4v) is 1.07.